The number of fused-ring (bicyclic) bond motifs is 1. The highest BCUT2D eigenvalue weighted by Gasteiger charge is 2.21. The lowest BCUT2D eigenvalue weighted by Crippen LogP contribution is -2.13. The van der Waals surface area contributed by atoms with Gasteiger partial charge in [0.1, 0.15) is 0 Å². The van der Waals surface area contributed by atoms with E-state index in [-0.39, 0.29) is 17.2 Å². The third-order valence-corrected chi connectivity index (χ3v) is 5.59. The Morgan fingerprint density at radius 1 is 0.815 bits per heavy atom. The number of carbonyl (C=O) groups excluding carboxylic acids is 1. The third-order valence-electron chi connectivity index (χ3n) is 4.21. The molecule has 4 rings (SSSR count). The maximum absolute atomic E-state index is 12.6. The van der Waals surface area contributed by atoms with Gasteiger partial charge in [0.05, 0.1) is 11.3 Å². The fraction of sp³-hybridized carbons (Fsp3) is 0.0500. The fourth-order valence-corrected chi connectivity index (χ4v) is 4.01. The molecule has 0 saturated heterocycles. The van der Waals surface area contributed by atoms with Gasteiger partial charge in [-0.3, -0.25) is 9.52 Å². The average molecular weight is 379 g/mol. The van der Waals surface area contributed by atoms with E-state index in [2.05, 4.69) is 15.4 Å². The van der Waals surface area contributed by atoms with Crippen molar-refractivity contribution in [3.05, 3.63) is 78.4 Å². The van der Waals surface area contributed by atoms with Gasteiger partial charge in [0.25, 0.3) is 10.0 Å². The van der Waals surface area contributed by atoms with Crippen LogP contribution in [-0.2, 0) is 21.2 Å². The van der Waals surface area contributed by atoms with Crippen molar-refractivity contribution in [1.82, 2.24) is 0 Å². The van der Waals surface area contributed by atoms with E-state index in [4.69, 9.17) is 0 Å². The molecule has 0 fully saturated rings. The minimum Gasteiger partial charge on any atom is -0.356 e. The van der Waals surface area contributed by atoms with Crippen LogP contribution in [-0.4, -0.2) is 14.3 Å². The van der Waals surface area contributed by atoms with Crippen LogP contribution in [0.3, 0.4) is 0 Å². The minimum absolute atomic E-state index is 0.129. The number of para-hydroxylation sites is 1. The van der Waals surface area contributed by atoms with Crippen molar-refractivity contribution in [3.63, 3.8) is 0 Å². The molecule has 0 spiro atoms. The summed E-state index contributed by atoms with van der Waals surface area (Å²) >= 11 is 0. The third kappa shape index (κ3) is 3.78. The second-order valence-electron chi connectivity index (χ2n) is 6.22. The highest BCUT2D eigenvalue weighted by Crippen LogP contribution is 2.27. The normalized spacial score (nSPS) is 13.0. The topological polar surface area (TPSA) is 87.3 Å². The number of rotatable bonds is 5. The smallest absolute Gasteiger partial charge is 0.261 e. The minimum atomic E-state index is -3.73. The molecule has 6 nitrogen and oxygen atoms in total. The Morgan fingerprint density at radius 3 is 2.22 bits per heavy atom. The molecule has 1 heterocycles. The number of hydrogen-bond acceptors (Lipinski definition) is 4. The van der Waals surface area contributed by atoms with E-state index in [0.717, 1.165) is 11.4 Å². The first-order valence-corrected chi connectivity index (χ1v) is 9.86. The van der Waals surface area contributed by atoms with E-state index in [0.29, 0.717) is 16.9 Å². The monoisotopic (exact) mass is 379 g/mol. The van der Waals surface area contributed by atoms with E-state index in [1.165, 1.54) is 12.1 Å². The second kappa shape index (κ2) is 6.77. The Hall–Kier alpha value is -3.32. The molecule has 0 unspecified atom stereocenters. The Kier molecular flexibility index (Phi) is 4.29. The van der Waals surface area contributed by atoms with Crippen LogP contribution in [0.15, 0.2) is 77.7 Å². The van der Waals surface area contributed by atoms with Gasteiger partial charge in [-0.25, -0.2) is 8.42 Å². The summed E-state index contributed by atoms with van der Waals surface area (Å²) in [6.07, 6.45) is 0.193. The van der Waals surface area contributed by atoms with Gasteiger partial charge in [0.15, 0.2) is 0 Å². The lowest BCUT2D eigenvalue weighted by molar-refractivity contribution is -0.115. The Labute approximate surface area is 157 Å². The van der Waals surface area contributed by atoms with Crippen LogP contribution < -0.4 is 15.4 Å². The summed E-state index contributed by atoms with van der Waals surface area (Å²) in [6, 6.07) is 21.3. The lowest BCUT2D eigenvalue weighted by atomic mass is 10.2. The molecule has 1 aliphatic heterocycles. The van der Waals surface area contributed by atoms with Crippen LogP contribution in [0.4, 0.5) is 22.7 Å². The van der Waals surface area contributed by atoms with E-state index in [1.54, 1.807) is 30.3 Å². The van der Waals surface area contributed by atoms with Crippen molar-refractivity contribution in [2.75, 3.05) is 15.4 Å². The van der Waals surface area contributed by atoms with Gasteiger partial charge in [-0.05, 0) is 60.2 Å². The zero-order valence-corrected chi connectivity index (χ0v) is 15.1. The first-order valence-electron chi connectivity index (χ1n) is 8.37. The van der Waals surface area contributed by atoms with Gasteiger partial charge in [0.2, 0.25) is 5.91 Å². The van der Waals surface area contributed by atoms with Gasteiger partial charge in [-0.2, -0.15) is 0 Å². The summed E-state index contributed by atoms with van der Waals surface area (Å²) < 4.78 is 27.8. The maximum atomic E-state index is 12.6. The van der Waals surface area contributed by atoms with Crippen LogP contribution in [0.2, 0.25) is 0 Å². The van der Waals surface area contributed by atoms with Crippen molar-refractivity contribution < 1.29 is 13.2 Å². The first-order chi connectivity index (χ1) is 13.0. The molecular weight excluding hydrogens is 362 g/mol. The Balaban J connectivity index is 1.50. The van der Waals surface area contributed by atoms with Crippen molar-refractivity contribution in [1.29, 1.82) is 0 Å². The van der Waals surface area contributed by atoms with E-state index in [1.807, 2.05) is 30.3 Å². The van der Waals surface area contributed by atoms with Gasteiger partial charge < -0.3 is 10.6 Å². The highest BCUT2D eigenvalue weighted by atomic mass is 32.2. The molecule has 3 N–H and O–H groups in total. The molecule has 0 aliphatic carbocycles. The van der Waals surface area contributed by atoms with Crippen LogP contribution in [0.25, 0.3) is 0 Å². The fourth-order valence-electron chi connectivity index (χ4n) is 2.90. The molecule has 1 aliphatic rings. The van der Waals surface area contributed by atoms with E-state index >= 15 is 0 Å². The van der Waals surface area contributed by atoms with Crippen molar-refractivity contribution >= 4 is 38.7 Å². The maximum Gasteiger partial charge on any atom is 0.261 e. The van der Waals surface area contributed by atoms with Crippen LogP contribution >= 0.6 is 0 Å². The van der Waals surface area contributed by atoms with Crippen LogP contribution in [0.5, 0.6) is 0 Å². The number of amides is 1. The SMILES string of the molecule is O=C1Cc2cc(S(=O)(=O)Nc3ccc(Nc4ccccc4)cc3)ccc2N1. The summed E-state index contributed by atoms with van der Waals surface area (Å²) in [5, 5.41) is 5.93. The predicted octanol–water partition coefficient (Wildman–Crippen LogP) is 3.73. The molecular formula is C20H17N3O3S. The van der Waals surface area contributed by atoms with E-state index in [9.17, 15) is 13.2 Å². The number of benzene rings is 3. The molecule has 0 bridgehead atoms. The van der Waals surface area contributed by atoms with Crippen molar-refractivity contribution in [3.8, 4) is 0 Å². The van der Waals surface area contributed by atoms with E-state index < -0.39 is 10.0 Å². The zero-order valence-electron chi connectivity index (χ0n) is 14.3. The largest absolute Gasteiger partial charge is 0.356 e. The average Bonchev–Trinajstić information content (AvgIpc) is 3.03. The highest BCUT2D eigenvalue weighted by molar-refractivity contribution is 7.92. The summed E-state index contributed by atoms with van der Waals surface area (Å²) in [6.45, 7) is 0. The standard InChI is InChI=1S/C20H17N3O3S/c24-20-13-14-12-18(10-11-19(14)22-20)27(25,26)23-17-8-6-16(7-9-17)21-15-4-2-1-3-5-15/h1-12,21,23H,13H2,(H,22,24). The predicted molar refractivity (Wildman–Crippen MR) is 106 cm³/mol. The Morgan fingerprint density at radius 2 is 1.48 bits per heavy atom. The van der Waals surface area contributed by atoms with Crippen LogP contribution in [0, 0.1) is 0 Å². The van der Waals surface area contributed by atoms with Crippen molar-refractivity contribution in [2.45, 2.75) is 11.3 Å². The first kappa shape index (κ1) is 17.1. The van der Waals surface area contributed by atoms with Gasteiger partial charge >= 0.3 is 0 Å². The summed E-state index contributed by atoms with van der Waals surface area (Å²) in [5.74, 6) is -0.131. The quantitative estimate of drug-likeness (QED) is 0.630. The molecule has 7 heteroatoms. The number of sulfonamides is 1. The molecule has 3 aromatic rings. The number of nitrogens with one attached hydrogen (secondary N) is 3. The molecule has 0 saturated carbocycles. The van der Waals surface area contributed by atoms with Gasteiger partial charge in [-0.1, -0.05) is 18.2 Å². The van der Waals surface area contributed by atoms with Gasteiger partial charge in [0, 0.05) is 22.7 Å². The molecule has 27 heavy (non-hydrogen) atoms. The molecule has 0 atom stereocenters. The summed E-state index contributed by atoms with van der Waals surface area (Å²) in [7, 11) is -3.73. The molecule has 1 amide bonds. The number of anilines is 4. The zero-order chi connectivity index (χ0) is 18.9. The number of carbonyl (C=O) groups is 1. The molecule has 0 radical (unpaired) electrons. The van der Waals surface area contributed by atoms with Gasteiger partial charge in [-0.15, -0.1) is 0 Å². The Bertz CT molecular complexity index is 1100. The second-order valence-corrected chi connectivity index (χ2v) is 7.90. The summed E-state index contributed by atoms with van der Waals surface area (Å²) in [4.78, 5) is 11.6. The van der Waals surface area contributed by atoms with Crippen molar-refractivity contribution in [2.24, 2.45) is 0 Å². The molecule has 3 aromatic carbocycles. The number of hydrogen-bond donors (Lipinski definition) is 3. The molecule has 0 aromatic heterocycles. The summed E-state index contributed by atoms with van der Waals surface area (Å²) in [5.41, 5.74) is 3.61. The lowest BCUT2D eigenvalue weighted by Gasteiger charge is -2.11. The molecule has 136 valence electrons. The van der Waals surface area contributed by atoms with Crippen LogP contribution in [0.1, 0.15) is 5.56 Å².